The van der Waals surface area contributed by atoms with E-state index < -0.39 is 0 Å². The molecule has 2 aromatic rings. The maximum atomic E-state index is 3.58. The van der Waals surface area contributed by atoms with Gasteiger partial charge in [-0.1, -0.05) is 24.3 Å². The van der Waals surface area contributed by atoms with E-state index in [4.69, 9.17) is 0 Å². The molecule has 0 atom stereocenters. The highest BCUT2D eigenvalue weighted by Gasteiger charge is 2.04. The van der Waals surface area contributed by atoms with Crippen molar-refractivity contribution >= 4 is 42.6 Å². The summed E-state index contributed by atoms with van der Waals surface area (Å²) in [6.07, 6.45) is 0. The first-order chi connectivity index (χ1) is 6.20. The van der Waals surface area contributed by atoms with Crippen LogP contribution in [0.5, 0.6) is 0 Å². The van der Waals surface area contributed by atoms with Crippen LogP contribution in [0.1, 0.15) is 5.56 Å². The molecule has 2 heteroatoms. The number of halogens is 2. The van der Waals surface area contributed by atoms with Crippen molar-refractivity contribution in [1.82, 2.24) is 0 Å². The summed E-state index contributed by atoms with van der Waals surface area (Å²) in [5.41, 5.74) is 1.30. The number of hydrogen-bond donors (Lipinski definition) is 0. The summed E-state index contributed by atoms with van der Waals surface area (Å²) in [6, 6.07) is 10.5. The second-order valence-corrected chi connectivity index (χ2v) is 4.68. The number of hydrogen-bond acceptors (Lipinski definition) is 0. The maximum absolute atomic E-state index is 3.58. The molecule has 0 heterocycles. The molecule has 0 unspecified atom stereocenters. The van der Waals surface area contributed by atoms with Gasteiger partial charge in [-0.3, -0.25) is 0 Å². The Hall–Kier alpha value is -0.340. The van der Waals surface area contributed by atoms with Crippen LogP contribution in [0.4, 0.5) is 0 Å². The third kappa shape index (κ3) is 1.53. The van der Waals surface area contributed by atoms with Gasteiger partial charge in [-0.2, -0.15) is 0 Å². The maximum Gasteiger partial charge on any atom is 0.0398 e. The Morgan fingerprint density at radius 1 is 1.00 bits per heavy atom. The molecule has 66 valence electrons. The second kappa shape index (κ2) is 3.43. The lowest BCUT2D eigenvalue weighted by Gasteiger charge is -2.05. The van der Waals surface area contributed by atoms with Crippen LogP contribution in [-0.2, 0) is 0 Å². The number of benzene rings is 2. The Labute approximate surface area is 94.2 Å². The summed E-state index contributed by atoms with van der Waals surface area (Å²) in [6.45, 7) is 2.12. The summed E-state index contributed by atoms with van der Waals surface area (Å²) in [5, 5.41) is 2.56. The molecule has 0 aliphatic rings. The van der Waals surface area contributed by atoms with Crippen LogP contribution in [0.3, 0.4) is 0 Å². The lowest BCUT2D eigenvalue weighted by Crippen LogP contribution is -1.80. The average Bonchev–Trinajstić information content (AvgIpc) is 2.12. The normalized spacial score (nSPS) is 10.7. The predicted molar refractivity (Wildman–Crippen MR) is 64.1 cm³/mol. The quantitative estimate of drug-likeness (QED) is 0.663. The molecule has 0 radical (unpaired) electrons. The van der Waals surface area contributed by atoms with Gasteiger partial charge in [-0.25, -0.2) is 0 Å². The lowest BCUT2D eigenvalue weighted by molar-refractivity contribution is 1.51. The van der Waals surface area contributed by atoms with Crippen molar-refractivity contribution in [2.24, 2.45) is 0 Å². The summed E-state index contributed by atoms with van der Waals surface area (Å²) < 4.78 is 2.25. The topological polar surface area (TPSA) is 0 Å². The average molecular weight is 300 g/mol. The molecule has 13 heavy (non-hydrogen) atoms. The first-order valence-corrected chi connectivity index (χ1v) is 5.62. The van der Waals surface area contributed by atoms with E-state index in [2.05, 4.69) is 69.1 Å². The van der Waals surface area contributed by atoms with E-state index >= 15 is 0 Å². The van der Waals surface area contributed by atoms with Crippen molar-refractivity contribution in [3.63, 3.8) is 0 Å². The predicted octanol–water partition coefficient (Wildman–Crippen LogP) is 4.67. The van der Waals surface area contributed by atoms with Gasteiger partial charge in [0.1, 0.15) is 0 Å². The SMILES string of the molecule is Cc1cccc2ccc(Br)c(Br)c12. The van der Waals surface area contributed by atoms with E-state index in [1.165, 1.54) is 16.3 Å². The highest BCUT2D eigenvalue weighted by atomic mass is 79.9. The van der Waals surface area contributed by atoms with Crippen molar-refractivity contribution in [3.8, 4) is 0 Å². The first kappa shape index (κ1) is 9.22. The number of aryl methyl sites for hydroxylation is 1. The molecule has 0 nitrogen and oxygen atoms in total. The highest BCUT2D eigenvalue weighted by molar-refractivity contribution is 9.13. The fourth-order valence-corrected chi connectivity index (χ4v) is 2.49. The Balaban J connectivity index is 2.97. The minimum Gasteiger partial charge on any atom is -0.0614 e. The summed E-state index contributed by atoms with van der Waals surface area (Å²) >= 11 is 7.09. The van der Waals surface area contributed by atoms with Gasteiger partial charge in [0, 0.05) is 8.95 Å². The van der Waals surface area contributed by atoms with Crippen LogP contribution in [-0.4, -0.2) is 0 Å². The third-order valence-corrected chi connectivity index (χ3v) is 4.16. The summed E-state index contributed by atoms with van der Waals surface area (Å²) in [5.74, 6) is 0. The molecule has 0 saturated carbocycles. The molecule has 0 N–H and O–H groups in total. The van der Waals surface area contributed by atoms with E-state index in [1.807, 2.05) is 0 Å². The zero-order chi connectivity index (χ0) is 9.42. The van der Waals surface area contributed by atoms with Crippen LogP contribution in [0, 0.1) is 6.92 Å². The van der Waals surface area contributed by atoms with E-state index in [1.54, 1.807) is 0 Å². The first-order valence-electron chi connectivity index (χ1n) is 4.03. The molecule has 0 aliphatic carbocycles. The highest BCUT2D eigenvalue weighted by Crippen LogP contribution is 2.33. The molecular weight excluding hydrogens is 292 g/mol. The number of rotatable bonds is 0. The van der Waals surface area contributed by atoms with Gasteiger partial charge in [0.05, 0.1) is 0 Å². The van der Waals surface area contributed by atoms with Gasteiger partial charge in [0.15, 0.2) is 0 Å². The van der Waals surface area contributed by atoms with Crippen molar-refractivity contribution in [2.75, 3.05) is 0 Å². The largest absolute Gasteiger partial charge is 0.0614 e. The fraction of sp³-hybridized carbons (Fsp3) is 0.0909. The molecule has 0 spiro atoms. The minimum atomic E-state index is 1.11. The van der Waals surface area contributed by atoms with Crippen LogP contribution in [0.2, 0.25) is 0 Å². The van der Waals surface area contributed by atoms with Crippen molar-refractivity contribution in [1.29, 1.82) is 0 Å². The molecule has 0 saturated heterocycles. The monoisotopic (exact) mass is 298 g/mol. The van der Waals surface area contributed by atoms with Gasteiger partial charge in [-0.15, -0.1) is 0 Å². The fourth-order valence-electron chi connectivity index (χ4n) is 1.48. The van der Waals surface area contributed by atoms with Crippen molar-refractivity contribution in [2.45, 2.75) is 6.92 Å². The van der Waals surface area contributed by atoms with Crippen molar-refractivity contribution < 1.29 is 0 Å². The summed E-state index contributed by atoms with van der Waals surface area (Å²) in [7, 11) is 0. The van der Waals surface area contributed by atoms with E-state index in [9.17, 15) is 0 Å². The van der Waals surface area contributed by atoms with E-state index in [0.717, 1.165) is 8.95 Å². The van der Waals surface area contributed by atoms with Crippen LogP contribution >= 0.6 is 31.9 Å². The van der Waals surface area contributed by atoms with E-state index in [-0.39, 0.29) is 0 Å². The zero-order valence-corrected chi connectivity index (χ0v) is 10.3. The molecule has 2 aromatic carbocycles. The molecule has 0 amide bonds. The molecule has 2 rings (SSSR count). The lowest BCUT2D eigenvalue weighted by atomic mass is 10.1. The molecule has 0 bridgehead atoms. The molecule has 0 aromatic heterocycles. The summed E-state index contributed by atoms with van der Waals surface area (Å²) in [4.78, 5) is 0. The third-order valence-electron chi connectivity index (χ3n) is 2.14. The van der Waals surface area contributed by atoms with Gasteiger partial charge in [0.2, 0.25) is 0 Å². The standard InChI is InChI=1S/C11H8Br2/c1-7-3-2-4-8-5-6-9(12)11(13)10(7)8/h2-6H,1H3. The van der Waals surface area contributed by atoms with Gasteiger partial charge in [-0.05, 0) is 61.2 Å². The molecule has 0 fully saturated rings. The van der Waals surface area contributed by atoms with Crippen LogP contribution in [0.15, 0.2) is 39.3 Å². The zero-order valence-electron chi connectivity index (χ0n) is 7.14. The smallest absolute Gasteiger partial charge is 0.0398 e. The van der Waals surface area contributed by atoms with Crippen molar-refractivity contribution in [3.05, 3.63) is 44.8 Å². The Morgan fingerprint density at radius 2 is 1.77 bits per heavy atom. The number of fused-ring (bicyclic) bond motifs is 1. The van der Waals surface area contributed by atoms with E-state index in [0.29, 0.717) is 0 Å². The van der Waals surface area contributed by atoms with Gasteiger partial charge < -0.3 is 0 Å². The Morgan fingerprint density at radius 3 is 2.54 bits per heavy atom. The molecular formula is C11H8Br2. The Bertz CT molecular complexity index is 461. The van der Waals surface area contributed by atoms with Crippen LogP contribution in [0.25, 0.3) is 10.8 Å². The van der Waals surface area contributed by atoms with Crippen LogP contribution < -0.4 is 0 Å². The molecule has 0 aliphatic heterocycles. The van der Waals surface area contributed by atoms with Gasteiger partial charge in [0.25, 0.3) is 0 Å². The second-order valence-electron chi connectivity index (χ2n) is 3.03. The van der Waals surface area contributed by atoms with Gasteiger partial charge >= 0.3 is 0 Å². The minimum absolute atomic E-state index is 1.11. The Kier molecular flexibility index (Phi) is 2.43.